The van der Waals surface area contributed by atoms with Crippen LogP contribution in [0.2, 0.25) is 0 Å². The third-order valence-corrected chi connectivity index (χ3v) is 8.68. The van der Waals surface area contributed by atoms with Crippen LogP contribution in [0.3, 0.4) is 0 Å². The first-order valence-corrected chi connectivity index (χ1v) is 12.9. The van der Waals surface area contributed by atoms with Gasteiger partial charge in [-0.1, -0.05) is 60.7 Å². The molecule has 1 N–H and O–H groups in total. The maximum Gasteiger partial charge on any atom is 0.240 e. The second kappa shape index (κ2) is 8.27. The van der Waals surface area contributed by atoms with Gasteiger partial charge < -0.3 is 9.84 Å². The molecule has 5 unspecified atom stereocenters. The minimum absolute atomic E-state index is 0.211. The van der Waals surface area contributed by atoms with Crippen LogP contribution in [0.5, 0.6) is 0 Å². The van der Waals surface area contributed by atoms with Crippen LogP contribution in [0.1, 0.15) is 25.3 Å². The number of aliphatic hydroxyl groups excluding tert-OH is 1. The zero-order valence-corrected chi connectivity index (χ0v) is 21.1. The number of benzene rings is 3. The van der Waals surface area contributed by atoms with Crippen LogP contribution in [0.15, 0.2) is 66.7 Å². The molecule has 3 saturated heterocycles. The summed E-state index contributed by atoms with van der Waals surface area (Å²) in [5.41, 5.74) is -0.924. The van der Waals surface area contributed by atoms with Crippen LogP contribution in [0.4, 0.5) is 5.69 Å². The van der Waals surface area contributed by atoms with Crippen LogP contribution in [0, 0.1) is 23.2 Å². The van der Waals surface area contributed by atoms with Crippen LogP contribution >= 0.6 is 0 Å². The first kappa shape index (κ1) is 23.6. The van der Waals surface area contributed by atoms with E-state index in [0.717, 1.165) is 15.8 Å². The fourth-order valence-corrected chi connectivity index (χ4v) is 6.87. The average Bonchev–Trinajstić information content (AvgIpc) is 3.66. The van der Waals surface area contributed by atoms with Crippen LogP contribution in [0.25, 0.3) is 22.2 Å². The summed E-state index contributed by atoms with van der Waals surface area (Å²) in [6.07, 6.45) is -0.394. The highest BCUT2D eigenvalue weighted by atomic mass is 16.6. The Hall–Kier alpha value is -4.46. The highest BCUT2D eigenvalue weighted by Crippen LogP contribution is 2.62. The van der Waals surface area contributed by atoms with E-state index in [1.165, 1.54) is 0 Å². The zero-order chi connectivity index (χ0) is 26.9. The van der Waals surface area contributed by atoms with E-state index < -0.39 is 41.0 Å². The zero-order valence-electron chi connectivity index (χ0n) is 21.1. The van der Waals surface area contributed by atoms with Gasteiger partial charge in [0, 0.05) is 23.9 Å². The van der Waals surface area contributed by atoms with E-state index in [2.05, 4.69) is 21.6 Å². The van der Waals surface area contributed by atoms with Crippen molar-refractivity contribution >= 4 is 28.3 Å². The number of nitriles is 1. The summed E-state index contributed by atoms with van der Waals surface area (Å²) in [7, 11) is 0. The summed E-state index contributed by atoms with van der Waals surface area (Å²) in [4.78, 5) is 29.1. The Morgan fingerprint density at radius 1 is 1.05 bits per heavy atom. The van der Waals surface area contributed by atoms with Gasteiger partial charge in [-0.05, 0) is 35.2 Å². The number of hydrogen-bond acceptors (Lipinski definition) is 8. The quantitative estimate of drug-likeness (QED) is 0.397. The van der Waals surface area contributed by atoms with Crippen molar-refractivity contribution in [1.29, 1.82) is 5.26 Å². The second-order valence-corrected chi connectivity index (χ2v) is 10.7. The first-order chi connectivity index (χ1) is 18.9. The van der Waals surface area contributed by atoms with Gasteiger partial charge in [0.25, 0.3) is 0 Å². The third kappa shape index (κ3) is 3.17. The Balaban J connectivity index is 1.26. The number of carbonyl (C=O) groups excluding carboxylic acids is 2. The molecule has 10 nitrogen and oxygen atoms in total. The number of anilines is 1. The fourth-order valence-electron chi connectivity index (χ4n) is 6.87. The molecule has 5 atom stereocenters. The molecule has 4 aromatic rings. The minimum Gasteiger partial charge on any atom is -0.390 e. The molecule has 2 amide bonds. The molecule has 39 heavy (non-hydrogen) atoms. The topological polar surface area (TPSA) is 134 Å². The lowest BCUT2D eigenvalue weighted by Gasteiger charge is -2.33. The fraction of sp³-hybridized carbons (Fsp3) is 0.310. The van der Waals surface area contributed by atoms with Crippen molar-refractivity contribution in [3.8, 4) is 17.5 Å². The molecule has 2 bridgehead atoms. The maximum absolute atomic E-state index is 14.1. The lowest BCUT2D eigenvalue weighted by atomic mass is 9.66. The predicted octanol–water partition coefficient (Wildman–Crippen LogP) is 2.85. The van der Waals surface area contributed by atoms with Crippen LogP contribution < -0.4 is 4.90 Å². The second-order valence-electron chi connectivity index (χ2n) is 10.7. The Kier molecular flexibility index (Phi) is 5.01. The summed E-state index contributed by atoms with van der Waals surface area (Å²) < 4.78 is 8.11. The maximum atomic E-state index is 14.1. The van der Waals surface area contributed by atoms with Gasteiger partial charge in [-0.3, -0.25) is 9.59 Å². The molecule has 0 radical (unpaired) electrons. The van der Waals surface area contributed by atoms with Gasteiger partial charge in [-0.25, -0.2) is 9.58 Å². The standard InChI is InChI=1S/C29H24N6O4/c1-28-22(36)15-29(39-28,13-14-34-25(31-32-33-34)18-8-3-2-4-9-18)24-23(28)26(37)35(27(24)38)21-12-11-17-7-5-6-10-19(17)20(21)16-30/h2-12,22-24,36H,13-15H2,1H3. The first-order valence-electron chi connectivity index (χ1n) is 12.9. The molecule has 4 heterocycles. The summed E-state index contributed by atoms with van der Waals surface area (Å²) in [5, 5.41) is 34.8. The van der Waals surface area contributed by atoms with Crippen molar-refractivity contribution < 1.29 is 19.4 Å². The van der Waals surface area contributed by atoms with Crippen molar-refractivity contribution in [3.05, 3.63) is 72.3 Å². The van der Waals surface area contributed by atoms with Crippen molar-refractivity contribution in [3.63, 3.8) is 0 Å². The molecule has 0 aliphatic carbocycles. The number of imide groups is 1. The summed E-state index contributed by atoms with van der Waals surface area (Å²) in [5.74, 6) is -1.95. The minimum atomic E-state index is -1.22. The Morgan fingerprint density at radius 2 is 1.79 bits per heavy atom. The molecule has 1 aromatic heterocycles. The van der Waals surface area contributed by atoms with Crippen LogP contribution in [-0.2, 0) is 20.9 Å². The van der Waals surface area contributed by atoms with Crippen molar-refractivity contribution in [2.24, 2.45) is 11.8 Å². The number of aryl methyl sites for hydroxylation is 1. The Bertz CT molecular complexity index is 1700. The Labute approximate surface area is 223 Å². The lowest BCUT2D eigenvalue weighted by Crippen LogP contribution is -2.49. The normalized spacial score (nSPS) is 29.3. The number of aliphatic hydroxyl groups is 1. The van der Waals surface area contributed by atoms with Crippen LogP contribution in [-0.4, -0.2) is 54.4 Å². The predicted molar refractivity (Wildman–Crippen MR) is 139 cm³/mol. The number of amides is 2. The molecular weight excluding hydrogens is 496 g/mol. The van der Waals surface area contributed by atoms with Gasteiger partial charge >= 0.3 is 0 Å². The summed E-state index contributed by atoms with van der Waals surface area (Å²) in [6, 6.07) is 22.6. The largest absolute Gasteiger partial charge is 0.390 e. The molecule has 3 aliphatic rings. The molecule has 0 spiro atoms. The van der Waals surface area contributed by atoms with E-state index in [9.17, 15) is 20.0 Å². The van der Waals surface area contributed by atoms with Gasteiger partial charge in [0.05, 0.1) is 34.8 Å². The number of fused-ring (bicyclic) bond motifs is 6. The van der Waals surface area contributed by atoms with Gasteiger partial charge in [0.2, 0.25) is 11.8 Å². The van der Waals surface area contributed by atoms with E-state index in [4.69, 9.17) is 4.74 Å². The number of ether oxygens (including phenoxy) is 1. The van der Waals surface area contributed by atoms with Crippen molar-refractivity contribution in [2.45, 2.75) is 43.6 Å². The molecule has 3 aliphatic heterocycles. The number of hydrogen-bond donors (Lipinski definition) is 1. The number of aromatic nitrogens is 4. The van der Waals surface area contributed by atoms with Gasteiger partial charge in [0.15, 0.2) is 5.82 Å². The third-order valence-electron chi connectivity index (χ3n) is 8.68. The molecular formula is C29H24N6O4. The smallest absolute Gasteiger partial charge is 0.240 e. The van der Waals surface area contributed by atoms with Crippen molar-refractivity contribution in [2.75, 3.05) is 4.90 Å². The lowest BCUT2D eigenvalue weighted by molar-refractivity contribution is -0.133. The number of nitrogens with zero attached hydrogens (tertiary/aromatic N) is 6. The SMILES string of the molecule is CC12OC(CCn3nnnc3-c3ccccc3)(CC1O)C1C(=O)N(c3ccc4ccccc4c3C#N)C(=O)C12. The van der Waals surface area contributed by atoms with E-state index in [0.29, 0.717) is 24.2 Å². The van der Waals surface area contributed by atoms with E-state index in [1.807, 2.05) is 48.5 Å². The molecule has 0 saturated carbocycles. The molecule has 10 heteroatoms. The molecule has 194 valence electrons. The highest BCUT2D eigenvalue weighted by molar-refractivity contribution is 6.24. The number of tetrazole rings is 1. The molecule has 7 rings (SSSR count). The number of rotatable bonds is 5. The highest BCUT2D eigenvalue weighted by Gasteiger charge is 2.77. The Morgan fingerprint density at radius 3 is 2.59 bits per heavy atom. The van der Waals surface area contributed by atoms with E-state index in [1.54, 1.807) is 29.8 Å². The summed E-state index contributed by atoms with van der Waals surface area (Å²) in [6.45, 7) is 2.03. The van der Waals surface area contributed by atoms with E-state index >= 15 is 0 Å². The van der Waals surface area contributed by atoms with Crippen molar-refractivity contribution in [1.82, 2.24) is 20.2 Å². The molecule has 3 fully saturated rings. The monoisotopic (exact) mass is 520 g/mol. The van der Waals surface area contributed by atoms with E-state index in [-0.39, 0.29) is 17.7 Å². The molecule has 3 aromatic carbocycles. The van der Waals surface area contributed by atoms with Gasteiger partial charge in [-0.2, -0.15) is 5.26 Å². The average molecular weight is 521 g/mol. The summed E-state index contributed by atoms with van der Waals surface area (Å²) >= 11 is 0. The number of carbonyl (C=O) groups is 2. The van der Waals surface area contributed by atoms with Gasteiger partial charge in [0.1, 0.15) is 11.7 Å². The van der Waals surface area contributed by atoms with Gasteiger partial charge in [-0.15, -0.1) is 5.10 Å².